The zero-order chi connectivity index (χ0) is 12.8. The molecular weight excluding hydrogens is 234 g/mol. The second-order valence-corrected chi connectivity index (χ2v) is 4.53. The summed E-state index contributed by atoms with van der Waals surface area (Å²) in [6.45, 7) is 3.73. The zero-order valence-corrected chi connectivity index (χ0v) is 10.3. The first-order valence-corrected chi connectivity index (χ1v) is 6.21. The van der Waals surface area contributed by atoms with Crippen LogP contribution in [0.4, 0.5) is 0 Å². The Balaban J connectivity index is 2.40. The summed E-state index contributed by atoms with van der Waals surface area (Å²) in [5.74, 6) is 0.566. The van der Waals surface area contributed by atoms with E-state index in [9.17, 15) is 0 Å². The van der Waals surface area contributed by atoms with Crippen LogP contribution in [-0.4, -0.2) is 4.98 Å². The Morgan fingerprint density at radius 2 is 1.42 bits per heavy atom. The van der Waals surface area contributed by atoms with Crippen LogP contribution in [0.1, 0.15) is 5.89 Å². The minimum Gasteiger partial charge on any atom is -0.436 e. The molecule has 0 radical (unpaired) electrons. The number of fused-ring (bicyclic) bond motifs is 6. The van der Waals surface area contributed by atoms with Gasteiger partial charge in [0, 0.05) is 10.8 Å². The molecule has 0 amide bonds. The van der Waals surface area contributed by atoms with Crippen LogP contribution in [0.2, 0.25) is 0 Å². The van der Waals surface area contributed by atoms with Gasteiger partial charge in [0.1, 0.15) is 5.52 Å². The summed E-state index contributed by atoms with van der Waals surface area (Å²) in [7, 11) is 0. The molecule has 0 spiro atoms. The van der Waals surface area contributed by atoms with Gasteiger partial charge in [0.15, 0.2) is 5.58 Å². The average molecular weight is 245 g/mol. The maximum Gasteiger partial charge on any atom is 0.219 e. The lowest BCUT2D eigenvalue weighted by molar-refractivity contribution is 0.592. The highest BCUT2D eigenvalue weighted by Crippen LogP contribution is 2.34. The van der Waals surface area contributed by atoms with Gasteiger partial charge in [0.25, 0.3) is 0 Å². The monoisotopic (exact) mass is 245 g/mol. The summed E-state index contributed by atoms with van der Waals surface area (Å²) in [5, 5.41) is 4.61. The lowest BCUT2D eigenvalue weighted by Crippen LogP contribution is -1.80. The molecule has 1 aromatic heterocycles. The number of nitrogens with zero attached hydrogens (tertiary/aromatic N) is 1. The molecule has 2 nitrogen and oxygen atoms in total. The Morgan fingerprint density at radius 3 is 2.11 bits per heavy atom. The topological polar surface area (TPSA) is 26.0 Å². The van der Waals surface area contributed by atoms with Crippen LogP contribution in [0.25, 0.3) is 38.7 Å². The summed E-state index contributed by atoms with van der Waals surface area (Å²) in [5.41, 5.74) is 1.74. The van der Waals surface area contributed by atoms with Crippen molar-refractivity contribution >= 4 is 38.7 Å². The second-order valence-electron chi connectivity index (χ2n) is 4.53. The maximum atomic E-state index is 5.81. The largest absolute Gasteiger partial charge is 0.436 e. The van der Waals surface area contributed by atoms with Crippen molar-refractivity contribution in [3.8, 4) is 0 Å². The molecule has 4 aromatic rings. The molecule has 90 valence electrons. The third-order valence-electron chi connectivity index (χ3n) is 3.46. The fraction of sp³-hybridized carbons (Fsp3) is 0. The minimum atomic E-state index is 0.566. The Bertz CT molecular complexity index is 861. The van der Waals surface area contributed by atoms with Crippen LogP contribution >= 0.6 is 0 Å². The molecule has 1 heterocycles. The number of aromatic nitrogens is 1. The van der Waals surface area contributed by atoms with Gasteiger partial charge in [0.05, 0.1) is 0 Å². The Morgan fingerprint density at radius 1 is 0.842 bits per heavy atom. The van der Waals surface area contributed by atoms with Crippen LogP contribution < -0.4 is 0 Å². The molecule has 0 saturated heterocycles. The number of benzene rings is 3. The van der Waals surface area contributed by atoms with Gasteiger partial charge in [-0.3, -0.25) is 0 Å². The number of hydrogen-bond acceptors (Lipinski definition) is 2. The lowest BCUT2D eigenvalue weighted by Gasteiger charge is -2.04. The van der Waals surface area contributed by atoms with Crippen molar-refractivity contribution in [3.63, 3.8) is 0 Å². The Kier molecular flexibility index (Phi) is 2.00. The first kappa shape index (κ1) is 10.3. The van der Waals surface area contributed by atoms with E-state index in [0.29, 0.717) is 5.89 Å². The van der Waals surface area contributed by atoms with Gasteiger partial charge < -0.3 is 4.42 Å². The molecule has 3 aromatic carbocycles. The molecule has 0 aliphatic carbocycles. The summed E-state index contributed by atoms with van der Waals surface area (Å²) in [4.78, 5) is 4.52. The van der Waals surface area contributed by atoms with Crippen LogP contribution in [-0.2, 0) is 0 Å². The maximum absolute atomic E-state index is 5.81. The van der Waals surface area contributed by atoms with Crippen LogP contribution in [0, 0.1) is 0 Å². The van der Waals surface area contributed by atoms with E-state index in [0.717, 1.165) is 21.9 Å². The third-order valence-corrected chi connectivity index (χ3v) is 3.46. The Hall–Kier alpha value is -2.61. The molecule has 0 unspecified atom stereocenters. The lowest BCUT2D eigenvalue weighted by atomic mass is 10.0. The van der Waals surface area contributed by atoms with Crippen molar-refractivity contribution in [1.82, 2.24) is 4.98 Å². The van der Waals surface area contributed by atoms with E-state index in [-0.39, 0.29) is 0 Å². The molecular formula is C17H11NO. The molecule has 0 aliphatic rings. The molecule has 0 bridgehead atoms. The van der Waals surface area contributed by atoms with Gasteiger partial charge in [-0.15, -0.1) is 0 Å². The third kappa shape index (κ3) is 1.34. The van der Waals surface area contributed by atoms with E-state index >= 15 is 0 Å². The first-order chi connectivity index (χ1) is 9.38. The fourth-order valence-electron chi connectivity index (χ4n) is 2.63. The van der Waals surface area contributed by atoms with Gasteiger partial charge >= 0.3 is 0 Å². The fourth-order valence-corrected chi connectivity index (χ4v) is 2.63. The van der Waals surface area contributed by atoms with Crippen LogP contribution in [0.15, 0.2) is 59.5 Å². The Labute approximate surface area is 110 Å². The predicted molar refractivity (Wildman–Crippen MR) is 79.1 cm³/mol. The van der Waals surface area contributed by atoms with E-state index in [1.54, 1.807) is 6.08 Å². The van der Waals surface area contributed by atoms with E-state index < -0.39 is 0 Å². The van der Waals surface area contributed by atoms with Crippen molar-refractivity contribution in [2.24, 2.45) is 0 Å². The summed E-state index contributed by atoms with van der Waals surface area (Å²) in [6, 6.07) is 16.5. The quantitative estimate of drug-likeness (QED) is 0.451. The van der Waals surface area contributed by atoms with Crippen LogP contribution in [0.5, 0.6) is 0 Å². The smallest absolute Gasteiger partial charge is 0.219 e. The van der Waals surface area contributed by atoms with Crippen molar-refractivity contribution < 1.29 is 4.42 Å². The van der Waals surface area contributed by atoms with Crippen molar-refractivity contribution in [2.75, 3.05) is 0 Å². The highest BCUT2D eigenvalue weighted by molar-refractivity contribution is 6.22. The van der Waals surface area contributed by atoms with Gasteiger partial charge in [-0.05, 0) is 16.8 Å². The average Bonchev–Trinajstić information content (AvgIpc) is 2.92. The highest BCUT2D eigenvalue weighted by Gasteiger charge is 2.12. The SMILES string of the molecule is C=Cc1nc2c3ccccc3c3ccccc3c2o1. The summed E-state index contributed by atoms with van der Waals surface area (Å²) < 4.78 is 5.81. The molecule has 2 heteroatoms. The summed E-state index contributed by atoms with van der Waals surface area (Å²) >= 11 is 0. The van der Waals surface area contributed by atoms with E-state index in [4.69, 9.17) is 4.42 Å². The normalized spacial score (nSPS) is 11.4. The van der Waals surface area contributed by atoms with Gasteiger partial charge in [-0.1, -0.05) is 55.1 Å². The molecule has 0 aliphatic heterocycles. The van der Waals surface area contributed by atoms with Crippen molar-refractivity contribution in [1.29, 1.82) is 0 Å². The van der Waals surface area contributed by atoms with Crippen molar-refractivity contribution in [3.05, 3.63) is 61.0 Å². The van der Waals surface area contributed by atoms with Gasteiger partial charge in [-0.25, -0.2) is 4.98 Å². The minimum absolute atomic E-state index is 0.566. The molecule has 0 fully saturated rings. The zero-order valence-electron chi connectivity index (χ0n) is 10.3. The van der Waals surface area contributed by atoms with Crippen molar-refractivity contribution in [2.45, 2.75) is 0 Å². The predicted octanol–water partition coefficient (Wildman–Crippen LogP) is 4.78. The number of oxazole rings is 1. The van der Waals surface area contributed by atoms with Crippen LogP contribution in [0.3, 0.4) is 0 Å². The molecule has 0 saturated carbocycles. The summed E-state index contributed by atoms with van der Waals surface area (Å²) in [6.07, 6.45) is 1.64. The number of hydrogen-bond donors (Lipinski definition) is 0. The highest BCUT2D eigenvalue weighted by atomic mass is 16.3. The van der Waals surface area contributed by atoms with Gasteiger partial charge in [-0.2, -0.15) is 0 Å². The standard InChI is InChI=1S/C17H11NO/c1-2-15-18-16-13-9-5-3-7-11(13)12-8-4-6-10-14(12)17(16)19-15/h2-10H,1H2. The molecule has 19 heavy (non-hydrogen) atoms. The molecule has 0 atom stereocenters. The van der Waals surface area contributed by atoms with E-state index in [1.165, 1.54) is 10.8 Å². The van der Waals surface area contributed by atoms with E-state index in [2.05, 4.69) is 41.9 Å². The second kappa shape index (κ2) is 3.69. The first-order valence-electron chi connectivity index (χ1n) is 6.21. The molecule has 4 rings (SSSR count). The van der Waals surface area contributed by atoms with E-state index in [1.807, 2.05) is 18.2 Å². The number of rotatable bonds is 1. The van der Waals surface area contributed by atoms with Gasteiger partial charge in [0.2, 0.25) is 5.89 Å². The molecule has 0 N–H and O–H groups in total.